The van der Waals surface area contributed by atoms with E-state index in [4.69, 9.17) is 0 Å². The Morgan fingerprint density at radius 2 is 1.95 bits per heavy atom. The first-order chi connectivity index (χ1) is 10.1. The Hall–Kier alpha value is -1.40. The minimum Gasteiger partial charge on any atom is -0.306 e. The number of imidazole rings is 1. The highest BCUT2D eigenvalue weighted by Gasteiger charge is 2.13. The number of hydrogen-bond donors (Lipinski definition) is 0. The van der Waals surface area contributed by atoms with Crippen molar-refractivity contribution in [3.05, 3.63) is 43.0 Å². The molecular weight excluding hydrogens is 300 g/mol. The quantitative estimate of drug-likeness (QED) is 0.554. The van der Waals surface area contributed by atoms with Gasteiger partial charge < -0.3 is 4.57 Å². The van der Waals surface area contributed by atoms with Crippen LogP contribution in [0.4, 0.5) is 0 Å². The van der Waals surface area contributed by atoms with Crippen molar-refractivity contribution >= 4 is 19.4 Å². The van der Waals surface area contributed by atoms with E-state index in [-0.39, 0.29) is 15.3 Å². The fourth-order valence-corrected chi connectivity index (χ4v) is 5.44. The van der Waals surface area contributed by atoms with Crippen LogP contribution in [0.3, 0.4) is 0 Å². The summed E-state index contributed by atoms with van der Waals surface area (Å²) in [5, 5.41) is 0. The van der Waals surface area contributed by atoms with Gasteiger partial charge in [-0.15, -0.1) is 0 Å². The Kier molecular flexibility index (Phi) is 5.75. The maximum Gasteiger partial charge on any atom is 0.178 e. The van der Waals surface area contributed by atoms with E-state index in [2.05, 4.69) is 11.9 Å². The average Bonchev–Trinajstić information content (AvgIpc) is 3.01. The number of sulfone groups is 1. The molecular formula is C15H22N2O2SSi. The topological polar surface area (TPSA) is 52.0 Å². The Bertz CT molecular complexity index is 637. The third-order valence-electron chi connectivity index (χ3n) is 3.52. The first-order valence-corrected chi connectivity index (χ1v) is 11.1. The SMILES string of the molecule is CCC[SiH2]CCCS(=O)(=O)c1ccc(-n2ccnc2)cc1. The monoisotopic (exact) mass is 322 g/mol. The summed E-state index contributed by atoms with van der Waals surface area (Å²) in [4.78, 5) is 4.40. The molecule has 114 valence electrons. The summed E-state index contributed by atoms with van der Waals surface area (Å²) in [6, 6.07) is 9.46. The fourth-order valence-electron chi connectivity index (χ4n) is 2.25. The third kappa shape index (κ3) is 4.54. The van der Waals surface area contributed by atoms with E-state index >= 15 is 0 Å². The van der Waals surface area contributed by atoms with Crippen molar-refractivity contribution in [3.63, 3.8) is 0 Å². The maximum atomic E-state index is 12.3. The van der Waals surface area contributed by atoms with E-state index in [1.165, 1.54) is 12.5 Å². The second kappa shape index (κ2) is 7.56. The predicted octanol–water partition coefficient (Wildman–Crippen LogP) is 2.45. The number of rotatable bonds is 8. The molecule has 0 radical (unpaired) electrons. The van der Waals surface area contributed by atoms with Crippen molar-refractivity contribution < 1.29 is 8.42 Å². The van der Waals surface area contributed by atoms with Gasteiger partial charge in [-0.05, 0) is 30.7 Å². The zero-order chi connectivity index (χ0) is 15.1. The number of aromatic nitrogens is 2. The van der Waals surface area contributed by atoms with E-state index in [1.54, 1.807) is 24.7 Å². The van der Waals surface area contributed by atoms with Gasteiger partial charge >= 0.3 is 0 Å². The van der Waals surface area contributed by atoms with Crippen LogP contribution in [0, 0.1) is 0 Å². The summed E-state index contributed by atoms with van der Waals surface area (Å²) < 4.78 is 26.4. The highest BCUT2D eigenvalue weighted by molar-refractivity contribution is 7.91. The van der Waals surface area contributed by atoms with Crippen LogP contribution in [-0.4, -0.2) is 33.2 Å². The van der Waals surface area contributed by atoms with Crippen LogP contribution in [0.25, 0.3) is 5.69 Å². The molecule has 0 unspecified atom stereocenters. The molecule has 0 fully saturated rings. The Morgan fingerprint density at radius 3 is 2.57 bits per heavy atom. The normalized spacial score (nSPS) is 12.2. The van der Waals surface area contributed by atoms with Crippen LogP contribution in [0.15, 0.2) is 47.9 Å². The summed E-state index contributed by atoms with van der Waals surface area (Å²) >= 11 is 0. The molecule has 0 saturated carbocycles. The lowest BCUT2D eigenvalue weighted by Gasteiger charge is -2.06. The Balaban J connectivity index is 1.97. The highest BCUT2D eigenvalue weighted by Crippen LogP contribution is 2.16. The van der Waals surface area contributed by atoms with Crippen molar-refractivity contribution in [2.75, 3.05) is 5.75 Å². The van der Waals surface area contributed by atoms with E-state index in [0.29, 0.717) is 4.90 Å². The first-order valence-electron chi connectivity index (χ1n) is 7.44. The smallest absolute Gasteiger partial charge is 0.178 e. The highest BCUT2D eigenvalue weighted by atomic mass is 32.2. The van der Waals surface area contributed by atoms with Crippen LogP contribution in [-0.2, 0) is 9.84 Å². The Labute approximate surface area is 129 Å². The molecule has 2 aromatic rings. The van der Waals surface area contributed by atoms with Gasteiger partial charge in [0, 0.05) is 27.6 Å². The van der Waals surface area contributed by atoms with Gasteiger partial charge in [0.05, 0.1) is 17.0 Å². The Morgan fingerprint density at radius 1 is 1.19 bits per heavy atom. The summed E-state index contributed by atoms with van der Waals surface area (Å²) in [6.07, 6.45) is 7.26. The van der Waals surface area contributed by atoms with Crippen molar-refractivity contribution in [2.45, 2.75) is 36.7 Å². The molecule has 1 aromatic carbocycles. The summed E-state index contributed by atoms with van der Waals surface area (Å²) in [5.74, 6) is 0.272. The van der Waals surface area contributed by atoms with Crippen LogP contribution in [0.5, 0.6) is 0 Å². The van der Waals surface area contributed by atoms with Gasteiger partial charge in [-0.3, -0.25) is 0 Å². The van der Waals surface area contributed by atoms with Crippen LogP contribution in [0.2, 0.25) is 12.1 Å². The standard InChI is InChI=1S/C15H22N2O2SSi/c1-2-11-21-12-3-10-20(18,19)15-6-4-14(5-7-15)17-9-8-16-13-17/h4-9,13H,2-3,10-12,21H2,1H3. The van der Waals surface area contributed by atoms with Gasteiger partial charge in [-0.1, -0.05) is 25.4 Å². The van der Waals surface area contributed by atoms with Crippen LogP contribution in [0.1, 0.15) is 19.8 Å². The second-order valence-electron chi connectivity index (χ2n) is 5.20. The molecule has 0 saturated heterocycles. The molecule has 0 aliphatic heterocycles. The van der Waals surface area contributed by atoms with Gasteiger partial charge in [0.15, 0.2) is 9.84 Å². The summed E-state index contributed by atoms with van der Waals surface area (Å²) in [6.45, 7) is 2.19. The molecule has 4 nitrogen and oxygen atoms in total. The van der Waals surface area contributed by atoms with Crippen molar-refractivity contribution in [3.8, 4) is 5.69 Å². The molecule has 1 aromatic heterocycles. The third-order valence-corrected chi connectivity index (χ3v) is 7.54. The average molecular weight is 323 g/mol. The fraction of sp³-hybridized carbons (Fsp3) is 0.400. The minimum atomic E-state index is -3.14. The molecule has 6 heteroatoms. The maximum absolute atomic E-state index is 12.3. The molecule has 0 amide bonds. The van der Waals surface area contributed by atoms with Gasteiger partial charge in [0.1, 0.15) is 0 Å². The lowest BCUT2D eigenvalue weighted by atomic mass is 10.3. The number of nitrogens with zero attached hydrogens (tertiary/aromatic N) is 2. The largest absolute Gasteiger partial charge is 0.306 e. The summed E-state index contributed by atoms with van der Waals surface area (Å²) in [7, 11) is -3.18. The second-order valence-corrected chi connectivity index (χ2v) is 9.43. The van der Waals surface area contributed by atoms with Crippen molar-refractivity contribution in [1.29, 1.82) is 0 Å². The lowest BCUT2D eigenvalue weighted by Crippen LogP contribution is -2.07. The van der Waals surface area contributed by atoms with Gasteiger partial charge in [0.25, 0.3) is 0 Å². The molecule has 0 aliphatic carbocycles. The molecule has 0 spiro atoms. The zero-order valence-corrected chi connectivity index (χ0v) is 14.6. The van der Waals surface area contributed by atoms with Gasteiger partial charge in [-0.25, -0.2) is 13.4 Å². The molecule has 1 heterocycles. The van der Waals surface area contributed by atoms with Gasteiger partial charge in [-0.2, -0.15) is 0 Å². The number of benzene rings is 1. The lowest BCUT2D eigenvalue weighted by molar-refractivity contribution is 0.594. The molecule has 0 N–H and O–H groups in total. The predicted molar refractivity (Wildman–Crippen MR) is 88.7 cm³/mol. The molecule has 0 bridgehead atoms. The molecule has 2 rings (SSSR count). The van der Waals surface area contributed by atoms with Gasteiger partial charge in [0.2, 0.25) is 0 Å². The van der Waals surface area contributed by atoms with Crippen LogP contribution < -0.4 is 0 Å². The van der Waals surface area contributed by atoms with E-state index < -0.39 is 9.84 Å². The molecule has 0 aliphatic rings. The number of hydrogen-bond acceptors (Lipinski definition) is 3. The first kappa shape index (κ1) is 16.0. The summed E-state index contributed by atoms with van der Waals surface area (Å²) in [5.41, 5.74) is 0.918. The van der Waals surface area contributed by atoms with Crippen LogP contribution >= 0.6 is 0 Å². The van der Waals surface area contributed by atoms with E-state index in [1.807, 2.05) is 22.9 Å². The molecule has 21 heavy (non-hydrogen) atoms. The van der Waals surface area contributed by atoms with E-state index in [9.17, 15) is 8.42 Å². The zero-order valence-electron chi connectivity index (χ0n) is 12.4. The van der Waals surface area contributed by atoms with Crippen molar-refractivity contribution in [2.24, 2.45) is 0 Å². The minimum absolute atomic E-state index is 0.0474. The van der Waals surface area contributed by atoms with Crippen molar-refractivity contribution in [1.82, 2.24) is 9.55 Å². The van der Waals surface area contributed by atoms with E-state index in [0.717, 1.165) is 18.2 Å². The molecule has 0 atom stereocenters.